The molecule has 2 heterocycles. The second kappa shape index (κ2) is 5.18. The van der Waals surface area contributed by atoms with Crippen molar-refractivity contribution in [2.75, 3.05) is 7.11 Å². The minimum atomic E-state index is -0.511. The SMILES string of the molecule is COC1=NC2CC(O)CC3=C2C2(C=C(C)CCC2O3)C(Br)C1=O. The summed E-state index contributed by atoms with van der Waals surface area (Å²) >= 11 is 3.64. The van der Waals surface area contributed by atoms with Gasteiger partial charge in [0.2, 0.25) is 5.78 Å². The van der Waals surface area contributed by atoms with Gasteiger partial charge < -0.3 is 14.6 Å². The third kappa shape index (κ3) is 2.00. The number of aliphatic hydroxyl groups excluding tert-OH is 1. The van der Waals surface area contributed by atoms with Crippen molar-refractivity contribution in [1.29, 1.82) is 0 Å². The smallest absolute Gasteiger partial charge is 0.254 e. The summed E-state index contributed by atoms with van der Waals surface area (Å²) in [4.78, 5) is 17.0. The molecular formula is C17H20BrNO4. The van der Waals surface area contributed by atoms with Gasteiger partial charge in [0.05, 0.1) is 29.5 Å². The molecule has 124 valence electrons. The molecule has 5 nitrogen and oxygen atoms in total. The maximum Gasteiger partial charge on any atom is 0.254 e. The van der Waals surface area contributed by atoms with Crippen LogP contribution in [0.4, 0.5) is 0 Å². The zero-order chi connectivity index (χ0) is 16.4. The Balaban J connectivity index is 1.96. The van der Waals surface area contributed by atoms with E-state index in [-0.39, 0.29) is 23.8 Å². The molecule has 6 heteroatoms. The Bertz CT molecular complexity index is 668. The van der Waals surface area contributed by atoms with E-state index < -0.39 is 16.3 Å². The molecule has 1 spiro atoms. The molecule has 0 aromatic heterocycles. The van der Waals surface area contributed by atoms with Crippen molar-refractivity contribution in [3.8, 4) is 0 Å². The molecule has 0 fully saturated rings. The van der Waals surface area contributed by atoms with Crippen LogP contribution in [0.2, 0.25) is 0 Å². The normalized spacial score (nSPS) is 42.2. The first-order chi connectivity index (χ1) is 11.0. The van der Waals surface area contributed by atoms with Gasteiger partial charge in [-0.05, 0) is 19.8 Å². The lowest BCUT2D eigenvalue weighted by atomic mass is 9.64. The highest BCUT2D eigenvalue weighted by molar-refractivity contribution is 9.10. The number of aliphatic hydroxyl groups is 1. The van der Waals surface area contributed by atoms with Gasteiger partial charge in [-0.25, -0.2) is 4.99 Å². The van der Waals surface area contributed by atoms with Crippen molar-refractivity contribution < 1.29 is 19.4 Å². The predicted octanol–water partition coefficient (Wildman–Crippen LogP) is 2.28. The molecule has 0 saturated heterocycles. The van der Waals surface area contributed by atoms with Crippen LogP contribution in [-0.2, 0) is 14.3 Å². The second-order valence-corrected chi connectivity index (χ2v) is 7.80. The van der Waals surface area contributed by atoms with E-state index in [4.69, 9.17) is 9.47 Å². The molecule has 0 amide bonds. The van der Waals surface area contributed by atoms with Crippen LogP contribution in [0.15, 0.2) is 28.0 Å². The highest BCUT2D eigenvalue weighted by atomic mass is 79.9. The fourth-order valence-electron chi connectivity index (χ4n) is 4.53. The fourth-order valence-corrected chi connectivity index (χ4v) is 5.40. The Morgan fingerprint density at radius 2 is 2.30 bits per heavy atom. The minimum absolute atomic E-state index is 0.0799. The van der Waals surface area contributed by atoms with E-state index >= 15 is 0 Å². The lowest BCUT2D eigenvalue weighted by Gasteiger charge is -2.40. The summed E-state index contributed by atoms with van der Waals surface area (Å²) in [5.41, 5.74) is 1.82. The first-order valence-electron chi connectivity index (χ1n) is 8.04. The zero-order valence-corrected chi connectivity index (χ0v) is 14.8. The molecule has 1 N–H and O–H groups in total. The largest absolute Gasteiger partial charge is 0.493 e. The minimum Gasteiger partial charge on any atom is -0.493 e. The van der Waals surface area contributed by atoms with Gasteiger partial charge in [0.15, 0.2) is 0 Å². The van der Waals surface area contributed by atoms with E-state index in [1.165, 1.54) is 12.7 Å². The molecule has 2 aliphatic carbocycles. The van der Waals surface area contributed by atoms with Gasteiger partial charge in [-0.15, -0.1) is 0 Å². The number of carbonyl (C=O) groups is 1. The van der Waals surface area contributed by atoms with Crippen LogP contribution in [-0.4, -0.2) is 47.0 Å². The quantitative estimate of drug-likeness (QED) is 0.516. The zero-order valence-electron chi connectivity index (χ0n) is 13.2. The van der Waals surface area contributed by atoms with Crippen LogP contribution in [0, 0.1) is 5.41 Å². The standard InChI is InChI=1S/C17H20BrNO4/c1-8-3-4-12-17(7-8)13-10(5-9(20)6-11(13)23-12)19-16(22-2)14(21)15(17)18/h7,9-10,12,15,20H,3-6H2,1-2H3. The third-order valence-corrected chi connectivity index (χ3v) is 6.62. The monoisotopic (exact) mass is 381 g/mol. The summed E-state index contributed by atoms with van der Waals surface area (Å²) < 4.78 is 11.5. The van der Waals surface area contributed by atoms with E-state index in [9.17, 15) is 9.90 Å². The Hall–Kier alpha value is -1.14. The maximum absolute atomic E-state index is 12.9. The van der Waals surface area contributed by atoms with Gasteiger partial charge in [0.25, 0.3) is 5.90 Å². The number of halogens is 1. The van der Waals surface area contributed by atoms with Crippen molar-refractivity contribution in [3.63, 3.8) is 0 Å². The molecule has 4 rings (SSSR count). The molecule has 5 unspecified atom stereocenters. The van der Waals surface area contributed by atoms with Gasteiger partial charge >= 0.3 is 0 Å². The van der Waals surface area contributed by atoms with Crippen LogP contribution >= 0.6 is 15.9 Å². The first kappa shape index (κ1) is 15.4. The molecule has 5 atom stereocenters. The number of ether oxygens (including phenoxy) is 2. The van der Waals surface area contributed by atoms with Crippen molar-refractivity contribution in [3.05, 3.63) is 23.0 Å². The number of allylic oxidation sites excluding steroid dienone is 1. The van der Waals surface area contributed by atoms with E-state index in [0.717, 1.165) is 24.2 Å². The topological polar surface area (TPSA) is 68.1 Å². The van der Waals surface area contributed by atoms with Gasteiger partial charge in [-0.1, -0.05) is 27.6 Å². The summed E-state index contributed by atoms with van der Waals surface area (Å²) in [5.74, 6) is 0.810. The van der Waals surface area contributed by atoms with Gasteiger partial charge in [-0.2, -0.15) is 0 Å². The summed E-state index contributed by atoms with van der Waals surface area (Å²) in [7, 11) is 1.47. The number of hydrogen-bond donors (Lipinski definition) is 1. The van der Waals surface area contributed by atoms with Gasteiger partial charge in [0, 0.05) is 18.4 Å². The Kier molecular flexibility index (Phi) is 3.47. The van der Waals surface area contributed by atoms with Crippen LogP contribution in [0.25, 0.3) is 0 Å². The molecular weight excluding hydrogens is 362 g/mol. The Morgan fingerprint density at radius 1 is 1.52 bits per heavy atom. The maximum atomic E-state index is 12.9. The van der Waals surface area contributed by atoms with Crippen LogP contribution in [0.3, 0.4) is 0 Å². The number of hydrogen-bond acceptors (Lipinski definition) is 5. The summed E-state index contributed by atoms with van der Waals surface area (Å²) in [6, 6.07) is -0.262. The van der Waals surface area contributed by atoms with Crippen molar-refractivity contribution in [2.45, 2.75) is 55.7 Å². The summed E-state index contributed by atoms with van der Waals surface area (Å²) in [6.45, 7) is 2.10. The number of methoxy groups -OCH3 is 1. The van der Waals surface area contributed by atoms with Gasteiger partial charge in [0.1, 0.15) is 11.9 Å². The Morgan fingerprint density at radius 3 is 3.04 bits per heavy atom. The second-order valence-electron chi connectivity index (χ2n) is 6.88. The molecule has 23 heavy (non-hydrogen) atoms. The number of nitrogens with zero attached hydrogens (tertiary/aromatic N) is 1. The number of Topliss-reactive ketones (excluding diaryl/α,β-unsaturated/α-hetero) is 1. The van der Waals surface area contributed by atoms with Gasteiger partial charge in [-0.3, -0.25) is 4.79 Å². The number of aliphatic imine (C=N–C) groups is 1. The molecule has 4 aliphatic rings. The van der Waals surface area contributed by atoms with Crippen LogP contribution < -0.4 is 0 Å². The van der Waals surface area contributed by atoms with Crippen LogP contribution in [0.5, 0.6) is 0 Å². The lowest BCUT2D eigenvalue weighted by Crippen LogP contribution is -2.47. The van der Waals surface area contributed by atoms with Crippen molar-refractivity contribution >= 4 is 27.6 Å². The predicted molar refractivity (Wildman–Crippen MR) is 88.5 cm³/mol. The van der Waals surface area contributed by atoms with E-state index in [2.05, 4.69) is 33.9 Å². The van der Waals surface area contributed by atoms with Crippen molar-refractivity contribution in [1.82, 2.24) is 0 Å². The molecule has 0 aromatic carbocycles. The van der Waals surface area contributed by atoms with Crippen molar-refractivity contribution in [2.24, 2.45) is 10.4 Å². The number of ketones is 1. The molecule has 0 aromatic rings. The highest BCUT2D eigenvalue weighted by Gasteiger charge is 2.61. The van der Waals surface area contributed by atoms with E-state index in [0.29, 0.717) is 12.8 Å². The molecule has 0 saturated carbocycles. The average Bonchev–Trinajstić information content (AvgIpc) is 2.80. The molecule has 0 radical (unpaired) electrons. The highest BCUT2D eigenvalue weighted by Crippen LogP contribution is 2.58. The summed E-state index contributed by atoms with van der Waals surface area (Å²) in [5, 5.41) is 10.2. The van der Waals surface area contributed by atoms with E-state index in [1.807, 2.05) is 0 Å². The summed E-state index contributed by atoms with van der Waals surface area (Å²) in [6.07, 6.45) is 4.46. The van der Waals surface area contributed by atoms with E-state index in [1.54, 1.807) is 0 Å². The molecule has 0 bridgehead atoms. The molecule has 2 aliphatic heterocycles. The lowest BCUT2D eigenvalue weighted by molar-refractivity contribution is -0.115. The number of alkyl halides is 1. The third-order valence-electron chi connectivity index (χ3n) is 5.45. The van der Waals surface area contributed by atoms with Crippen LogP contribution in [0.1, 0.15) is 32.6 Å². The number of carbonyl (C=O) groups excluding carboxylic acids is 1. The average molecular weight is 382 g/mol. The Labute approximate surface area is 143 Å². The fraction of sp³-hybridized carbons (Fsp3) is 0.647. The first-order valence-corrected chi connectivity index (χ1v) is 8.95. The number of rotatable bonds is 0.